The van der Waals surface area contributed by atoms with Gasteiger partial charge in [-0.15, -0.1) is 22.7 Å². The Morgan fingerprint density at radius 3 is 2.50 bits per heavy atom. The van der Waals surface area contributed by atoms with Gasteiger partial charge in [-0.3, -0.25) is 4.79 Å². The van der Waals surface area contributed by atoms with E-state index in [1.165, 1.54) is 15.3 Å². The quantitative estimate of drug-likeness (QED) is 0.658. The summed E-state index contributed by atoms with van der Waals surface area (Å²) in [6, 6.07) is 11.6. The Kier molecular flexibility index (Phi) is 4.70. The van der Waals surface area contributed by atoms with Crippen LogP contribution in [0.25, 0.3) is 0 Å². The molecular weight excluding hydrogens is 366 g/mol. The molecule has 0 spiro atoms. The van der Waals surface area contributed by atoms with E-state index in [-0.39, 0.29) is 11.9 Å². The number of benzene rings is 1. The second-order valence-corrected chi connectivity index (χ2v) is 8.05. The van der Waals surface area contributed by atoms with E-state index in [4.69, 9.17) is 9.47 Å². The number of carbonyl (C=O) groups excluding carboxylic acids is 1. The molecule has 0 fully saturated rings. The van der Waals surface area contributed by atoms with E-state index in [1.807, 2.05) is 11.0 Å². The number of hydrogen-bond donors (Lipinski definition) is 0. The van der Waals surface area contributed by atoms with E-state index < -0.39 is 0 Å². The summed E-state index contributed by atoms with van der Waals surface area (Å²) in [5, 5.41) is 4.18. The second-order valence-electron chi connectivity index (χ2n) is 6.07. The van der Waals surface area contributed by atoms with Gasteiger partial charge in [0.2, 0.25) is 0 Å². The van der Waals surface area contributed by atoms with E-state index in [0.29, 0.717) is 23.6 Å². The Morgan fingerprint density at radius 1 is 1.08 bits per heavy atom. The second kappa shape index (κ2) is 7.13. The molecule has 6 heteroatoms. The zero-order chi connectivity index (χ0) is 18.1. The van der Waals surface area contributed by atoms with Crippen molar-refractivity contribution in [2.75, 3.05) is 20.8 Å². The number of ether oxygens (including phenoxy) is 2. The lowest BCUT2D eigenvalue weighted by molar-refractivity contribution is 0.0698. The molecule has 0 bridgehead atoms. The average Bonchev–Trinajstić information content (AvgIpc) is 3.37. The first-order chi connectivity index (χ1) is 12.7. The van der Waals surface area contributed by atoms with E-state index in [0.717, 1.165) is 6.42 Å². The van der Waals surface area contributed by atoms with Crippen LogP contribution in [-0.4, -0.2) is 31.6 Å². The van der Waals surface area contributed by atoms with Crippen molar-refractivity contribution in [3.05, 3.63) is 68.0 Å². The first-order valence-corrected chi connectivity index (χ1v) is 10.1. The minimum atomic E-state index is -0.0327. The van der Waals surface area contributed by atoms with Gasteiger partial charge in [-0.25, -0.2) is 0 Å². The molecule has 1 amide bonds. The summed E-state index contributed by atoms with van der Waals surface area (Å²) in [6.07, 6.45) is 0.891. The van der Waals surface area contributed by atoms with E-state index in [1.54, 1.807) is 55.1 Å². The molecule has 3 heterocycles. The van der Waals surface area contributed by atoms with Crippen molar-refractivity contribution in [2.24, 2.45) is 0 Å². The minimum Gasteiger partial charge on any atom is -0.497 e. The van der Waals surface area contributed by atoms with Gasteiger partial charge in [0.05, 0.1) is 20.3 Å². The highest BCUT2D eigenvalue weighted by Crippen LogP contribution is 2.40. The normalized spacial score (nSPS) is 16.2. The predicted octanol–water partition coefficient (Wildman–Crippen LogP) is 4.61. The third kappa shape index (κ3) is 2.99. The molecule has 134 valence electrons. The third-order valence-electron chi connectivity index (χ3n) is 4.64. The highest BCUT2D eigenvalue weighted by atomic mass is 32.1. The van der Waals surface area contributed by atoms with E-state index >= 15 is 0 Å². The van der Waals surface area contributed by atoms with Crippen LogP contribution in [0.3, 0.4) is 0 Å². The number of hydrogen-bond acceptors (Lipinski definition) is 5. The predicted molar refractivity (Wildman–Crippen MR) is 105 cm³/mol. The molecule has 1 atom stereocenters. The molecule has 0 N–H and O–H groups in total. The third-order valence-corrected chi connectivity index (χ3v) is 6.56. The first kappa shape index (κ1) is 17.1. The van der Waals surface area contributed by atoms with Crippen LogP contribution >= 0.6 is 22.7 Å². The molecule has 3 aromatic rings. The number of rotatable bonds is 4. The summed E-state index contributed by atoms with van der Waals surface area (Å²) in [7, 11) is 3.19. The van der Waals surface area contributed by atoms with Crippen molar-refractivity contribution in [1.82, 2.24) is 4.90 Å². The molecular formula is C20H19NO3S2. The van der Waals surface area contributed by atoms with Gasteiger partial charge in [-0.1, -0.05) is 6.07 Å². The maximum absolute atomic E-state index is 13.4. The lowest BCUT2D eigenvalue weighted by Crippen LogP contribution is -2.39. The van der Waals surface area contributed by atoms with E-state index in [9.17, 15) is 4.79 Å². The Balaban J connectivity index is 1.75. The van der Waals surface area contributed by atoms with Gasteiger partial charge < -0.3 is 14.4 Å². The smallest absolute Gasteiger partial charge is 0.254 e. The van der Waals surface area contributed by atoms with E-state index in [2.05, 4.69) is 22.9 Å². The van der Waals surface area contributed by atoms with Crippen LogP contribution < -0.4 is 9.47 Å². The molecule has 0 radical (unpaired) electrons. The maximum Gasteiger partial charge on any atom is 0.254 e. The summed E-state index contributed by atoms with van der Waals surface area (Å²) in [5.74, 6) is 1.24. The molecule has 1 aromatic carbocycles. The molecule has 1 aliphatic heterocycles. The number of carbonyl (C=O) groups is 1. The topological polar surface area (TPSA) is 38.8 Å². The van der Waals surface area contributed by atoms with Gasteiger partial charge in [0.15, 0.2) is 0 Å². The van der Waals surface area contributed by atoms with Crippen molar-refractivity contribution >= 4 is 28.6 Å². The Bertz CT molecular complexity index is 895. The van der Waals surface area contributed by atoms with Crippen LogP contribution in [0.1, 0.15) is 31.7 Å². The fraction of sp³-hybridized carbons (Fsp3) is 0.250. The molecule has 1 aliphatic rings. The van der Waals surface area contributed by atoms with Gasteiger partial charge in [0.1, 0.15) is 11.5 Å². The molecule has 0 aliphatic carbocycles. The van der Waals surface area contributed by atoms with Crippen LogP contribution in [0.15, 0.2) is 47.2 Å². The molecule has 1 unspecified atom stereocenters. The summed E-state index contributed by atoms with van der Waals surface area (Å²) in [5.41, 5.74) is 1.83. The summed E-state index contributed by atoms with van der Waals surface area (Å²) in [4.78, 5) is 17.9. The fourth-order valence-electron chi connectivity index (χ4n) is 3.39. The number of methoxy groups -OCH3 is 2. The highest BCUT2D eigenvalue weighted by Gasteiger charge is 2.34. The van der Waals surface area contributed by atoms with Crippen LogP contribution in [0, 0.1) is 0 Å². The van der Waals surface area contributed by atoms with Crippen LogP contribution in [0.5, 0.6) is 11.5 Å². The highest BCUT2D eigenvalue weighted by molar-refractivity contribution is 7.10. The van der Waals surface area contributed by atoms with Gasteiger partial charge >= 0.3 is 0 Å². The molecule has 26 heavy (non-hydrogen) atoms. The Hall–Kier alpha value is -2.31. The van der Waals surface area contributed by atoms with Crippen molar-refractivity contribution < 1.29 is 14.3 Å². The lowest BCUT2D eigenvalue weighted by atomic mass is 9.97. The lowest BCUT2D eigenvalue weighted by Gasteiger charge is -2.35. The fourth-order valence-corrected chi connectivity index (χ4v) is 5.14. The Labute approximate surface area is 160 Å². The molecule has 4 nitrogen and oxygen atoms in total. The van der Waals surface area contributed by atoms with Crippen molar-refractivity contribution in [3.8, 4) is 11.5 Å². The number of fused-ring (bicyclic) bond motifs is 1. The van der Waals surface area contributed by atoms with Crippen LogP contribution in [0.2, 0.25) is 0 Å². The largest absolute Gasteiger partial charge is 0.497 e. The molecule has 0 saturated carbocycles. The first-order valence-electron chi connectivity index (χ1n) is 8.35. The average molecular weight is 386 g/mol. The summed E-state index contributed by atoms with van der Waals surface area (Å²) < 4.78 is 10.7. The number of nitrogens with zero attached hydrogens (tertiary/aromatic N) is 1. The summed E-state index contributed by atoms with van der Waals surface area (Å²) >= 11 is 3.46. The maximum atomic E-state index is 13.4. The van der Waals surface area contributed by atoms with Crippen LogP contribution in [-0.2, 0) is 6.42 Å². The van der Waals surface area contributed by atoms with Crippen molar-refractivity contribution in [2.45, 2.75) is 12.5 Å². The zero-order valence-electron chi connectivity index (χ0n) is 14.6. The molecule has 0 saturated heterocycles. The van der Waals surface area contributed by atoms with Gasteiger partial charge in [0, 0.05) is 27.9 Å². The summed E-state index contributed by atoms with van der Waals surface area (Å²) in [6.45, 7) is 0.703. The number of amides is 1. The standard InChI is InChI=1S/C20H19NO3S2/c1-23-14-10-13(11-15(12-14)24-2)20(22)21-7-5-17-16(6-9-26-17)19(21)18-4-3-8-25-18/h3-4,6,8-12,19H,5,7H2,1-2H3. The monoisotopic (exact) mass is 385 g/mol. The zero-order valence-corrected chi connectivity index (χ0v) is 16.2. The Morgan fingerprint density at radius 2 is 1.85 bits per heavy atom. The molecule has 4 rings (SSSR count). The van der Waals surface area contributed by atoms with Crippen molar-refractivity contribution in [1.29, 1.82) is 0 Å². The van der Waals surface area contributed by atoms with Crippen molar-refractivity contribution in [3.63, 3.8) is 0 Å². The van der Waals surface area contributed by atoms with Gasteiger partial charge in [-0.05, 0) is 47.0 Å². The van der Waals surface area contributed by atoms with Gasteiger partial charge in [-0.2, -0.15) is 0 Å². The molecule has 2 aromatic heterocycles. The SMILES string of the molecule is COc1cc(OC)cc(C(=O)N2CCc3sccc3C2c2cccs2)c1. The van der Waals surface area contributed by atoms with Gasteiger partial charge in [0.25, 0.3) is 5.91 Å². The number of thiophene rings is 2. The minimum absolute atomic E-state index is 0.00236. The van der Waals surface area contributed by atoms with Crippen LogP contribution in [0.4, 0.5) is 0 Å².